The quantitative estimate of drug-likeness (QED) is 0.756. The lowest BCUT2D eigenvalue weighted by Gasteiger charge is -2.24. The highest BCUT2D eigenvalue weighted by molar-refractivity contribution is 6.05. The maximum absolute atomic E-state index is 13.3. The number of rotatable bonds is 4. The van der Waals surface area contributed by atoms with Crippen LogP contribution in [0.25, 0.3) is 0 Å². The van der Waals surface area contributed by atoms with Crippen molar-refractivity contribution < 1.29 is 14.3 Å². The number of carbonyl (C=O) groups excluding carboxylic acids is 1. The van der Waals surface area contributed by atoms with Crippen LogP contribution in [0.2, 0.25) is 0 Å². The van der Waals surface area contributed by atoms with Gasteiger partial charge in [0.25, 0.3) is 0 Å². The summed E-state index contributed by atoms with van der Waals surface area (Å²) >= 11 is 0. The smallest absolute Gasteiger partial charge is 0.184 e. The Labute approximate surface area is 160 Å². The standard InChI is InChI=1S/C23H25NO3/c1-23(19-8-6-7-17(15-19)22-26-13-14-27-22)12-11-18(21(23)25)16-24(2)20-9-4-3-5-10-20/h3-10,15-16,22H,11-14H2,1-2H3. The van der Waals surface area contributed by atoms with E-state index in [1.807, 2.05) is 73.6 Å². The van der Waals surface area contributed by atoms with E-state index in [-0.39, 0.29) is 12.1 Å². The first-order chi connectivity index (χ1) is 13.1. The summed E-state index contributed by atoms with van der Waals surface area (Å²) in [5.41, 5.74) is 3.47. The molecule has 1 atom stereocenters. The van der Waals surface area contributed by atoms with Crippen LogP contribution in [0, 0.1) is 0 Å². The van der Waals surface area contributed by atoms with E-state index in [2.05, 4.69) is 6.07 Å². The molecular weight excluding hydrogens is 338 g/mol. The fourth-order valence-electron chi connectivity index (χ4n) is 3.92. The summed E-state index contributed by atoms with van der Waals surface area (Å²) in [6.07, 6.45) is 3.27. The van der Waals surface area contributed by atoms with E-state index in [0.29, 0.717) is 13.2 Å². The van der Waals surface area contributed by atoms with Crippen molar-refractivity contribution >= 4 is 11.5 Å². The molecule has 1 saturated carbocycles. The van der Waals surface area contributed by atoms with Crippen molar-refractivity contribution in [2.75, 3.05) is 25.2 Å². The zero-order valence-corrected chi connectivity index (χ0v) is 15.9. The molecule has 0 aromatic heterocycles. The normalized spacial score (nSPS) is 24.7. The van der Waals surface area contributed by atoms with Crippen LogP contribution in [-0.4, -0.2) is 26.0 Å². The van der Waals surface area contributed by atoms with E-state index in [0.717, 1.165) is 35.2 Å². The minimum atomic E-state index is -0.502. The van der Waals surface area contributed by atoms with Crippen LogP contribution >= 0.6 is 0 Å². The van der Waals surface area contributed by atoms with Crippen LogP contribution < -0.4 is 4.90 Å². The molecule has 2 aromatic rings. The van der Waals surface area contributed by atoms with Crippen molar-refractivity contribution in [1.82, 2.24) is 0 Å². The number of benzene rings is 2. The Morgan fingerprint density at radius 2 is 1.81 bits per heavy atom. The van der Waals surface area contributed by atoms with E-state index in [1.54, 1.807) is 0 Å². The summed E-state index contributed by atoms with van der Waals surface area (Å²) in [5, 5.41) is 0. The fourth-order valence-corrected chi connectivity index (χ4v) is 3.92. The minimum Gasteiger partial charge on any atom is -0.351 e. The molecule has 4 heteroatoms. The number of para-hydroxylation sites is 1. The molecule has 0 amide bonds. The van der Waals surface area contributed by atoms with Crippen LogP contribution in [0.15, 0.2) is 66.4 Å². The third kappa shape index (κ3) is 3.43. The zero-order valence-electron chi connectivity index (χ0n) is 15.9. The number of nitrogens with zero attached hydrogens (tertiary/aromatic N) is 1. The van der Waals surface area contributed by atoms with Crippen LogP contribution in [0.5, 0.6) is 0 Å². The molecule has 2 aliphatic rings. The Morgan fingerprint density at radius 1 is 1.07 bits per heavy atom. The fraction of sp³-hybridized carbons (Fsp3) is 0.348. The topological polar surface area (TPSA) is 38.8 Å². The summed E-state index contributed by atoms with van der Waals surface area (Å²) in [7, 11) is 1.99. The van der Waals surface area contributed by atoms with Crippen molar-refractivity contribution in [3.8, 4) is 0 Å². The highest BCUT2D eigenvalue weighted by Gasteiger charge is 2.42. The Balaban J connectivity index is 1.58. The lowest BCUT2D eigenvalue weighted by atomic mass is 9.79. The highest BCUT2D eigenvalue weighted by Crippen LogP contribution is 2.42. The van der Waals surface area contributed by atoms with Gasteiger partial charge in [-0.1, -0.05) is 36.4 Å². The number of hydrogen-bond acceptors (Lipinski definition) is 4. The van der Waals surface area contributed by atoms with Crippen molar-refractivity contribution in [3.63, 3.8) is 0 Å². The molecule has 0 radical (unpaired) electrons. The van der Waals surface area contributed by atoms with Crippen LogP contribution in [0.4, 0.5) is 5.69 Å². The minimum absolute atomic E-state index is 0.204. The third-order valence-electron chi connectivity index (χ3n) is 5.62. The number of ketones is 1. The van der Waals surface area contributed by atoms with Gasteiger partial charge >= 0.3 is 0 Å². The lowest BCUT2D eigenvalue weighted by Crippen LogP contribution is -2.28. The summed E-state index contributed by atoms with van der Waals surface area (Å²) in [5.74, 6) is 0.204. The molecule has 4 rings (SSSR count). The maximum Gasteiger partial charge on any atom is 0.184 e. The van der Waals surface area contributed by atoms with Crippen LogP contribution in [-0.2, 0) is 19.7 Å². The average Bonchev–Trinajstić information content (AvgIpc) is 3.34. The molecule has 2 fully saturated rings. The van der Waals surface area contributed by atoms with Gasteiger partial charge in [0, 0.05) is 30.1 Å². The van der Waals surface area contributed by atoms with Gasteiger partial charge in [0.1, 0.15) is 0 Å². The monoisotopic (exact) mass is 363 g/mol. The molecule has 1 aliphatic heterocycles. The first-order valence-electron chi connectivity index (χ1n) is 9.45. The van der Waals surface area contributed by atoms with Crippen molar-refractivity contribution in [2.24, 2.45) is 0 Å². The molecule has 1 unspecified atom stereocenters. The predicted octanol–water partition coefficient (Wildman–Crippen LogP) is 4.37. The number of anilines is 1. The number of carbonyl (C=O) groups is 1. The lowest BCUT2D eigenvalue weighted by molar-refractivity contribution is -0.118. The zero-order chi connectivity index (χ0) is 18.9. The van der Waals surface area contributed by atoms with Gasteiger partial charge in [-0.25, -0.2) is 0 Å². The molecule has 1 saturated heterocycles. The Bertz CT molecular complexity index is 855. The van der Waals surface area contributed by atoms with Gasteiger partial charge in [-0.3, -0.25) is 4.79 Å². The Hall–Kier alpha value is -2.43. The van der Waals surface area contributed by atoms with E-state index < -0.39 is 5.41 Å². The molecule has 2 aromatic carbocycles. The summed E-state index contributed by atoms with van der Waals surface area (Å²) in [4.78, 5) is 15.3. The number of allylic oxidation sites excluding steroid dienone is 1. The van der Waals surface area contributed by atoms with Crippen molar-refractivity contribution in [2.45, 2.75) is 31.5 Å². The van der Waals surface area contributed by atoms with E-state index in [9.17, 15) is 4.79 Å². The van der Waals surface area contributed by atoms with Gasteiger partial charge in [0.15, 0.2) is 12.1 Å². The average molecular weight is 363 g/mol. The molecular formula is C23H25NO3. The molecule has 1 heterocycles. The van der Waals surface area contributed by atoms with Gasteiger partial charge in [-0.2, -0.15) is 0 Å². The number of hydrogen-bond donors (Lipinski definition) is 0. The maximum atomic E-state index is 13.3. The van der Waals surface area contributed by atoms with Gasteiger partial charge in [-0.05, 0) is 43.5 Å². The summed E-state index contributed by atoms with van der Waals surface area (Å²) < 4.78 is 11.2. The molecule has 0 spiro atoms. The largest absolute Gasteiger partial charge is 0.351 e. The second-order valence-electron chi connectivity index (χ2n) is 7.46. The van der Waals surface area contributed by atoms with Gasteiger partial charge in [-0.15, -0.1) is 0 Å². The van der Waals surface area contributed by atoms with Gasteiger partial charge in [0.2, 0.25) is 0 Å². The summed E-state index contributed by atoms with van der Waals surface area (Å²) in [6.45, 7) is 3.28. The van der Waals surface area contributed by atoms with Gasteiger partial charge < -0.3 is 14.4 Å². The third-order valence-corrected chi connectivity index (χ3v) is 5.62. The predicted molar refractivity (Wildman–Crippen MR) is 106 cm³/mol. The second-order valence-corrected chi connectivity index (χ2v) is 7.46. The molecule has 140 valence electrons. The molecule has 0 N–H and O–H groups in total. The van der Waals surface area contributed by atoms with Crippen LogP contribution in [0.3, 0.4) is 0 Å². The SMILES string of the molecule is CN(C=C1CCC(C)(c2cccc(C3OCCO3)c2)C1=O)c1ccccc1. The summed E-state index contributed by atoms with van der Waals surface area (Å²) in [6, 6.07) is 18.2. The first kappa shape index (κ1) is 18.0. The van der Waals surface area contributed by atoms with Crippen molar-refractivity contribution in [1.29, 1.82) is 0 Å². The van der Waals surface area contributed by atoms with Crippen LogP contribution in [0.1, 0.15) is 37.2 Å². The molecule has 0 bridgehead atoms. The molecule has 4 nitrogen and oxygen atoms in total. The molecule has 1 aliphatic carbocycles. The highest BCUT2D eigenvalue weighted by atomic mass is 16.7. The first-order valence-corrected chi connectivity index (χ1v) is 9.45. The van der Waals surface area contributed by atoms with Crippen molar-refractivity contribution in [3.05, 3.63) is 77.5 Å². The number of ether oxygens (including phenoxy) is 2. The van der Waals surface area contributed by atoms with Gasteiger partial charge in [0.05, 0.1) is 18.6 Å². The Morgan fingerprint density at radius 3 is 2.56 bits per heavy atom. The second kappa shape index (κ2) is 7.29. The number of Topliss-reactive ketones (excluding diaryl/α,β-unsaturated/α-hetero) is 1. The van der Waals surface area contributed by atoms with E-state index >= 15 is 0 Å². The van der Waals surface area contributed by atoms with E-state index in [4.69, 9.17) is 9.47 Å². The molecule has 27 heavy (non-hydrogen) atoms. The van der Waals surface area contributed by atoms with E-state index in [1.165, 1.54) is 0 Å². The Kier molecular flexibility index (Phi) is 4.85.